The van der Waals surface area contributed by atoms with Gasteiger partial charge in [0.05, 0.1) is 11.6 Å². The number of hydrogen-bond donors (Lipinski definition) is 3. The van der Waals surface area contributed by atoms with Crippen LogP contribution in [0.3, 0.4) is 0 Å². The lowest BCUT2D eigenvalue weighted by Gasteiger charge is -2.16. The van der Waals surface area contributed by atoms with Crippen LogP contribution in [-0.4, -0.2) is 23.7 Å². The molecule has 8 heteroatoms. The third-order valence-corrected chi connectivity index (χ3v) is 4.46. The third kappa shape index (κ3) is 6.71. The Balaban J connectivity index is 1.56. The van der Waals surface area contributed by atoms with Crippen molar-refractivity contribution in [3.05, 3.63) is 28.2 Å². The zero-order chi connectivity index (χ0) is 17.4. The molecule has 1 saturated carbocycles. The first-order valence-electron chi connectivity index (χ1n) is 7.98. The van der Waals surface area contributed by atoms with Crippen molar-refractivity contribution in [2.75, 3.05) is 6.61 Å². The molecule has 2 rings (SSSR count). The Hall–Kier alpha value is -1.24. The first-order chi connectivity index (χ1) is 11.5. The van der Waals surface area contributed by atoms with E-state index in [4.69, 9.17) is 40.2 Å². The van der Waals surface area contributed by atoms with Crippen LogP contribution in [0, 0.1) is 0 Å². The van der Waals surface area contributed by atoms with E-state index in [0.29, 0.717) is 46.4 Å². The van der Waals surface area contributed by atoms with E-state index in [0.717, 1.165) is 12.8 Å². The Bertz CT molecular complexity index is 580. The molecule has 0 heterocycles. The molecule has 1 aromatic carbocycles. The van der Waals surface area contributed by atoms with Crippen LogP contribution in [0.25, 0.3) is 0 Å². The molecule has 1 aliphatic carbocycles. The first-order valence-corrected chi connectivity index (χ1v) is 9.14. The molecule has 132 valence electrons. The maximum absolute atomic E-state index is 11.7. The lowest BCUT2D eigenvalue weighted by atomic mass is 10.3. The number of hydrazine groups is 1. The van der Waals surface area contributed by atoms with Crippen LogP contribution in [0.15, 0.2) is 18.2 Å². The Morgan fingerprint density at radius 2 is 2.00 bits per heavy atom. The Labute approximate surface area is 157 Å². The predicted octanol–water partition coefficient (Wildman–Crippen LogP) is 3.59. The van der Waals surface area contributed by atoms with Gasteiger partial charge < -0.3 is 10.1 Å². The van der Waals surface area contributed by atoms with Crippen LogP contribution < -0.4 is 20.9 Å². The van der Waals surface area contributed by atoms with Crippen molar-refractivity contribution in [2.24, 2.45) is 0 Å². The summed E-state index contributed by atoms with van der Waals surface area (Å²) in [7, 11) is 0. The second-order valence-electron chi connectivity index (χ2n) is 5.65. The fraction of sp³-hybridized carbons (Fsp3) is 0.500. The van der Waals surface area contributed by atoms with Crippen LogP contribution >= 0.6 is 35.4 Å². The molecule has 0 spiro atoms. The van der Waals surface area contributed by atoms with E-state index in [-0.39, 0.29) is 5.91 Å². The van der Waals surface area contributed by atoms with Crippen LogP contribution in [0.5, 0.6) is 5.75 Å². The average molecular weight is 390 g/mol. The average Bonchev–Trinajstić information content (AvgIpc) is 3.04. The van der Waals surface area contributed by atoms with E-state index in [9.17, 15) is 4.79 Å². The number of halogens is 2. The Morgan fingerprint density at radius 1 is 1.25 bits per heavy atom. The highest BCUT2D eigenvalue weighted by Crippen LogP contribution is 2.27. The van der Waals surface area contributed by atoms with E-state index >= 15 is 0 Å². The SMILES string of the molecule is O=C(CCCOc1ccc(Cl)cc1Cl)NNC(=S)NC1CCCC1. The van der Waals surface area contributed by atoms with Crippen LogP contribution in [0.2, 0.25) is 10.0 Å². The van der Waals surface area contributed by atoms with Crippen molar-refractivity contribution in [3.8, 4) is 5.75 Å². The topological polar surface area (TPSA) is 62.4 Å². The van der Waals surface area contributed by atoms with Gasteiger partial charge in [0, 0.05) is 17.5 Å². The number of nitrogens with one attached hydrogen (secondary N) is 3. The summed E-state index contributed by atoms with van der Waals surface area (Å²) in [5.41, 5.74) is 5.31. The molecule has 5 nitrogen and oxygen atoms in total. The highest BCUT2D eigenvalue weighted by Gasteiger charge is 2.15. The summed E-state index contributed by atoms with van der Waals surface area (Å²) in [5, 5.41) is 4.66. The van der Waals surface area contributed by atoms with E-state index in [1.165, 1.54) is 12.8 Å². The molecule has 0 bridgehead atoms. The molecule has 1 fully saturated rings. The molecule has 0 aliphatic heterocycles. The quantitative estimate of drug-likeness (QED) is 0.394. The second-order valence-corrected chi connectivity index (χ2v) is 6.91. The van der Waals surface area contributed by atoms with Crippen LogP contribution in [0.4, 0.5) is 0 Å². The number of hydrogen-bond acceptors (Lipinski definition) is 3. The van der Waals surface area contributed by atoms with Gasteiger partial charge in [-0.25, -0.2) is 0 Å². The molecule has 0 unspecified atom stereocenters. The van der Waals surface area contributed by atoms with Gasteiger partial charge in [0.25, 0.3) is 0 Å². The smallest absolute Gasteiger partial charge is 0.238 e. The molecule has 0 radical (unpaired) electrons. The van der Waals surface area contributed by atoms with E-state index in [1.54, 1.807) is 18.2 Å². The maximum atomic E-state index is 11.7. The number of benzene rings is 1. The van der Waals surface area contributed by atoms with Gasteiger partial charge in [-0.05, 0) is 49.7 Å². The fourth-order valence-corrected chi connectivity index (χ4v) is 3.17. The van der Waals surface area contributed by atoms with Crippen molar-refractivity contribution in [1.82, 2.24) is 16.2 Å². The van der Waals surface area contributed by atoms with Crippen LogP contribution in [0.1, 0.15) is 38.5 Å². The van der Waals surface area contributed by atoms with E-state index in [1.807, 2.05) is 0 Å². The second kappa shape index (κ2) is 9.91. The van der Waals surface area contributed by atoms with Crippen LogP contribution in [-0.2, 0) is 4.79 Å². The zero-order valence-corrected chi connectivity index (χ0v) is 15.6. The summed E-state index contributed by atoms with van der Waals surface area (Å²) in [6, 6.07) is 5.45. The summed E-state index contributed by atoms with van der Waals surface area (Å²) in [6.07, 6.45) is 5.59. The van der Waals surface area contributed by atoms with E-state index in [2.05, 4.69) is 16.2 Å². The van der Waals surface area contributed by atoms with Gasteiger partial charge in [0.15, 0.2) is 5.11 Å². The van der Waals surface area contributed by atoms with Gasteiger partial charge in [0.1, 0.15) is 5.75 Å². The van der Waals surface area contributed by atoms with Gasteiger partial charge >= 0.3 is 0 Å². The summed E-state index contributed by atoms with van der Waals surface area (Å²) in [5.74, 6) is 0.415. The first kappa shape index (κ1) is 19.1. The summed E-state index contributed by atoms with van der Waals surface area (Å²) >= 11 is 17.0. The zero-order valence-electron chi connectivity index (χ0n) is 13.2. The maximum Gasteiger partial charge on any atom is 0.238 e. The van der Waals surface area contributed by atoms with Gasteiger partial charge in [0.2, 0.25) is 5.91 Å². The summed E-state index contributed by atoms with van der Waals surface area (Å²) in [4.78, 5) is 11.7. The number of thiocarbonyl (C=S) groups is 1. The van der Waals surface area contributed by atoms with Gasteiger partial charge in [-0.1, -0.05) is 36.0 Å². The molecule has 24 heavy (non-hydrogen) atoms. The number of carbonyl (C=O) groups excluding carboxylic acids is 1. The van der Waals surface area contributed by atoms with Gasteiger partial charge in [-0.3, -0.25) is 15.6 Å². The van der Waals surface area contributed by atoms with Gasteiger partial charge in [-0.15, -0.1) is 0 Å². The number of ether oxygens (including phenoxy) is 1. The van der Waals surface area contributed by atoms with Crippen molar-refractivity contribution < 1.29 is 9.53 Å². The van der Waals surface area contributed by atoms with Gasteiger partial charge in [-0.2, -0.15) is 0 Å². The molecular formula is C16H21Cl2N3O2S. The Kier molecular flexibility index (Phi) is 7.88. The summed E-state index contributed by atoms with van der Waals surface area (Å²) < 4.78 is 5.53. The molecule has 0 atom stereocenters. The Morgan fingerprint density at radius 3 is 2.71 bits per heavy atom. The predicted molar refractivity (Wildman–Crippen MR) is 100 cm³/mol. The number of carbonyl (C=O) groups is 1. The van der Waals surface area contributed by atoms with Crippen molar-refractivity contribution in [2.45, 2.75) is 44.6 Å². The minimum absolute atomic E-state index is 0.142. The highest BCUT2D eigenvalue weighted by atomic mass is 35.5. The third-order valence-electron chi connectivity index (χ3n) is 3.71. The molecule has 3 N–H and O–H groups in total. The van der Waals surface area contributed by atoms with E-state index < -0.39 is 0 Å². The monoisotopic (exact) mass is 389 g/mol. The highest BCUT2D eigenvalue weighted by molar-refractivity contribution is 7.80. The number of amides is 1. The normalized spacial score (nSPS) is 14.2. The molecule has 1 amide bonds. The van der Waals surface area contributed by atoms with Crippen molar-refractivity contribution >= 4 is 46.4 Å². The molecule has 0 saturated heterocycles. The minimum atomic E-state index is -0.142. The largest absolute Gasteiger partial charge is 0.492 e. The molecule has 0 aromatic heterocycles. The molecular weight excluding hydrogens is 369 g/mol. The number of rotatable bonds is 6. The summed E-state index contributed by atoms with van der Waals surface area (Å²) in [6.45, 7) is 0.388. The molecule has 1 aromatic rings. The fourth-order valence-electron chi connectivity index (χ4n) is 2.49. The van der Waals surface area contributed by atoms with Crippen molar-refractivity contribution in [1.29, 1.82) is 0 Å². The van der Waals surface area contributed by atoms with Crippen molar-refractivity contribution in [3.63, 3.8) is 0 Å². The molecule has 1 aliphatic rings. The lowest BCUT2D eigenvalue weighted by molar-refractivity contribution is -0.121. The standard InChI is InChI=1S/C16H21Cl2N3O2S/c17-11-7-8-14(13(18)10-11)23-9-3-6-15(22)20-21-16(24)19-12-4-1-2-5-12/h7-8,10,12H,1-6,9H2,(H,20,22)(H2,19,21,24). The lowest BCUT2D eigenvalue weighted by Crippen LogP contribution is -2.49. The minimum Gasteiger partial charge on any atom is -0.492 e.